The molecule has 0 aliphatic rings. The van der Waals surface area contributed by atoms with E-state index in [-0.39, 0.29) is 23.1 Å². The highest BCUT2D eigenvalue weighted by atomic mass is 32.2. The molecule has 0 fully saturated rings. The van der Waals surface area contributed by atoms with Crippen LogP contribution in [0.3, 0.4) is 0 Å². The summed E-state index contributed by atoms with van der Waals surface area (Å²) in [6.07, 6.45) is 0. The molecule has 1 N–H and O–H groups in total. The lowest BCUT2D eigenvalue weighted by Crippen LogP contribution is -2.27. The van der Waals surface area contributed by atoms with Gasteiger partial charge in [0, 0.05) is 31.7 Å². The van der Waals surface area contributed by atoms with Gasteiger partial charge in [-0.25, -0.2) is 17.7 Å². The Balaban J connectivity index is 1.98. The third-order valence-corrected chi connectivity index (χ3v) is 7.19. The fourth-order valence-corrected chi connectivity index (χ4v) is 4.66. The molecule has 0 atom stereocenters. The average molecular weight is 386 g/mol. The van der Waals surface area contributed by atoms with E-state index in [1.807, 2.05) is 12.3 Å². The van der Waals surface area contributed by atoms with Crippen LogP contribution in [0.4, 0.5) is 0 Å². The fraction of sp³-hybridized carbons (Fsp3) is 0.333. The van der Waals surface area contributed by atoms with E-state index in [0.29, 0.717) is 5.56 Å². The summed E-state index contributed by atoms with van der Waals surface area (Å²) in [7, 11) is -0.573. The van der Waals surface area contributed by atoms with E-state index in [0.717, 1.165) is 14.3 Å². The fourth-order valence-electron chi connectivity index (χ4n) is 1.87. The number of amides is 1. The number of aryl methyl sites for hydroxylation is 1. The summed E-state index contributed by atoms with van der Waals surface area (Å²) in [5, 5.41) is 4.69. The summed E-state index contributed by atoms with van der Waals surface area (Å²) in [5.74, 6) is 0.0835. The monoisotopic (exact) mass is 385 g/mol. The molecule has 130 valence electrons. The molecular formula is C15H19N3O3S3. The van der Waals surface area contributed by atoms with Crippen LogP contribution in [0.25, 0.3) is 0 Å². The van der Waals surface area contributed by atoms with E-state index in [9.17, 15) is 13.2 Å². The van der Waals surface area contributed by atoms with E-state index >= 15 is 0 Å². The molecule has 1 aromatic heterocycles. The van der Waals surface area contributed by atoms with Crippen molar-refractivity contribution in [1.29, 1.82) is 0 Å². The van der Waals surface area contributed by atoms with Gasteiger partial charge in [-0.3, -0.25) is 4.79 Å². The first kappa shape index (κ1) is 18.9. The molecule has 0 radical (unpaired) electrons. The second-order valence-electron chi connectivity index (χ2n) is 5.22. The number of hydrogen-bond acceptors (Lipinski definition) is 6. The Morgan fingerprint density at radius 1 is 1.33 bits per heavy atom. The predicted molar refractivity (Wildman–Crippen MR) is 96.7 cm³/mol. The molecule has 6 nitrogen and oxygen atoms in total. The second kappa shape index (κ2) is 8.11. The van der Waals surface area contributed by atoms with Gasteiger partial charge in [-0.05, 0) is 18.6 Å². The Hall–Kier alpha value is -1.42. The highest BCUT2D eigenvalue weighted by molar-refractivity contribution is 8.01. The summed E-state index contributed by atoms with van der Waals surface area (Å²) >= 11 is 2.87. The second-order valence-corrected chi connectivity index (χ2v) is 9.42. The molecule has 1 aromatic carbocycles. The number of aromatic nitrogens is 1. The van der Waals surface area contributed by atoms with Crippen LogP contribution in [0.1, 0.15) is 11.3 Å². The number of thioether (sulfide) groups is 1. The molecule has 1 heterocycles. The maximum atomic E-state index is 12.3. The normalized spacial score (nSPS) is 11.7. The van der Waals surface area contributed by atoms with Crippen LogP contribution in [-0.2, 0) is 21.4 Å². The topological polar surface area (TPSA) is 79.4 Å². The van der Waals surface area contributed by atoms with Crippen LogP contribution < -0.4 is 5.32 Å². The Bertz CT molecular complexity index is 816. The molecule has 2 aromatic rings. The van der Waals surface area contributed by atoms with Crippen molar-refractivity contribution in [2.75, 3.05) is 19.8 Å². The maximum Gasteiger partial charge on any atom is 0.242 e. The van der Waals surface area contributed by atoms with Crippen molar-refractivity contribution in [2.24, 2.45) is 0 Å². The lowest BCUT2D eigenvalue weighted by molar-refractivity contribution is -0.118. The van der Waals surface area contributed by atoms with Gasteiger partial charge in [0.25, 0.3) is 0 Å². The quantitative estimate of drug-likeness (QED) is 0.739. The van der Waals surface area contributed by atoms with Gasteiger partial charge in [0.05, 0.1) is 10.6 Å². The van der Waals surface area contributed by atoms with Crippen LogP contribution in [-0.4, -0.2) is 43.5 Å². The van der Waals surface area contributed by atoms with E-state index in [4.69, 9.17) is 0 Å². The molecule has 0 aliphatic carbocycles. The van der Waals surface area contributed by atoms with Gasteiger partial charge < -0.3 is 5.32 Å². The lowest BCUT2D eigenvalue weighted by Gasteiger charge is -2.15. The number of benzene rings is 1. The minimum Gasteiger partial charge on any atom is -0.351 e. The summed E-state index contributed by atoms with van der Waals surface area (Å²) in [6.45, 7) is 2.07. The molecule has 24 heavy (non-hydrogen) atoms. The Morgan fingerprint density at radius 2 is 2.04 bits per heavy atom. The summed E-state index contributed by atoms with van der Waals surface area (Å²) in [4.78, 5) is 16.5. The first-order valence-corrected chi connectivity index (χ1v) is 10.4. The molecule has 9 heteroatoms. The largest absolute Gasteiger partial charge is 0.351 e. The van der Waals surface area contributed by atoms with Gasteiger partial charge in [0.2, 0.25) is 15.9 Å². The van der Waals surface area contributed by atoms with Crippen LogP contribution in [0, 0.1) is 6.92 Å². The molecule has 0 unspecified atom stereocenters. The van der Waals surface area contributed by atoms with Crippen molar-refractivity contribution in [3.8, 4) is 0 Å². The first-order valence-electron chi connectivity index (χ1n) is 7.13. The highest BCUT2D eigenvalue weighted by Gasteiger charge is 2.20. The Kier molecular flexibility index (Phi) is 6.39. The summed E-state index contributed by atoms with van der Waals surface area (Å²) in [6, 6.07) is 6.67. The van der Waals surface area contributed by atoms with Crippen molar-refractivity contribution in [1.82, 2.24) is 14.6 Å². The van der Waals surface area contributed by atoms with E-state index in [1.165, 1.54) is 37.2 Å². The molecule has 0 saturated carbocycles. The minimum atomic E-state index is -3.54. The van der Waals surface area contributed by atoms with E-state index in [1.54, 1.807) is 24.3 Å². The number of rotatable bonds is 7. The van der Waals surface area contributed by atoms with Crippen LogP contribution in [0.15, 0.2) is 38.9 Å². The van der Waals surface area contributed by atoms with Gasteiger partial charge in [0.15, 0.2) is 4.34 Å². The van der Waals surface area contributed by atoms with Crippen molar-refractivity contribution < 1.29 is 13.2 Å². The molecular weight excluding hydrogens is 366 g/mol. The number of thiazole rings is 1. The molecule has 0 aliphatic heterocycles. The SMILES string of the molecule is Cc1csc(SCC(=O)NCc2ccccc2S(=O)(=O)N(C)C)n1. The third-order valence-electron chi connectivity index (χ3n) is 3.13. The van der Waals surface area contributed by atoms with Gasteiger partial charge >= 0.3 is 0 Å². The molecule has 1 amide bonds. The zero-order chi connectivity index (χ0) is 17.7. The molecule has 2 rings (SSSR count). The van der Waals surface area contributed by atoms with E-state index < -0.39 is 10.0 Å². The van der Waals surface area contributed by atoms with Crippen molar-refractivity contribution in [3.63, 3.8) is 0 Å². The van der Waals surface area contributed by atoms with Gasteiger partial charge in [-0.2, -0.15) is 0 Å². The van der Waals surface area contributed by atoms with Gasteiger partial charge in [-0.15, -0.1) is 11.3 Å². The third kappa shape index (κ3) is 4.79. The van der Waals surface area contributed by atoms with E-state index in [2.05, 4.69) is 10.3 Å². The minimum absolute atomic E-state index is 0.162. The summed E-state index contributed by atoms with van der Waals surface area (Å²) in [5.41, 5.74) is 1.50. The van der Waals surface area contributed by atoms with Crippen LogP contribution >= 0.6 is 23.1 Å². The van der Waals surface area contributed by atoms with Gasteiger partial charge in [-0.1, -0.05) is 30.0 Å². The standard InChI is InChI=1S/C15H19N3O3S3/c1-11-9-22-15(17-11)23-10-14(19)16-8-12-6-4-5-7-13(12)24(20,21)18(2)3/h4-7,9H,8,10H2,1-3H3,(H,16,19). The van der Waals surface area contributed by atoms with Crippen LogP contribution in [0.5, 0.6) is 0 Å². The number of sulfonamides is 1. The summed E-state index contributed by atoms with van der Waals surface area (Å²) < 4.78 is 26.6. The van der Waals surface area contributed by atoms with Gasteiger partial charge in [0.1, 0.15) is 0 Å². The average Bonchev–Trinajstić information content (AvgIpc) is 2.96. The van der Waals surface area contributed by atoms with Crippen LogP contribution in [0.2, 0.25) is 0 Å². The number of hydrogen-bond donors (Lipinski definition) is 1. The van der Waals surface area contributed by atoms with Crippen molar-refractivity contribution in [2.45, 2.75) is 22.7 Å². The predicted octanol–water partition coefficient (Wildman–Crippen LogP) is 2.11. The maximum absolute atomic E-state index is 12.3. The Labute approximate surface area is 150 Å². The van der Waals surface area contributed by atoms with Crippen molar-refractivity contribution in [3.05, 3.63) is 40.9 Å². The lowest BCUT2D eigenvalue weighted by atomic mass is 10.2. The zero-order valence-corrected chi connectivity index (χ0v) is 16.1. The molecule has 0 spiro atoms. The van der Waals surface area contributed by atoms with Crippen molar-refractivity contribution >= 4 is 39.0 Å². The first-order chi connectivity index (χ1) is 11.3. The number of carbonyl (C=O) groups excluding carboxylic acids is 1. The number of nitrogens with zero attached hydrogens (tertiary/aromatic N) is 2. The number of nitrogens with one attached hydrogen (secondary N) is 1. The number of carbonyl (C=O) groups is 1. The smallest absolute Gasteiger partial charge is 0.242 e. The zero-order valence-electron chi connectivity index (χ0n) is 13.6. The highest BCUT2D eigenvalue weighted by Crippen LogP contribution is 2.22. The molecule has 0 saturated heterocycles. The Morgan fingerprint density at radius 3 is 2.67 bits per heavy atom. The molecule has 0 bridgehead atoms.